The Balaban J connectivity index is 1.28. The van der Waals surface area contributed by atoms with Gasteiger partial charge in [0.05, 0.1) is 12.1 Å². The van der Waals surface area contributed by atoms with Crippen LogP contribution in [0, 0.1) is 5.92 Å². The van der Waals surface area contributed by atoms with E-state index in [1.54, 1.807) is 11.0 Å². The number of halogens is 2. The van der Waals surface area contributed by atoms with E-state index in [4.69, 9.17) is 5.73 Å². The number of hydrogen-bond acceptors (Lipinski definition) is 5. The van der Waals surface area contributed by atoms with Gasteiger partial charge in [-0.2, -0.15) is 0 Å². The van der Waals surface area contributed by atoms with Crippen LogP contribution >= 0.6 is 31.9 Å². The number of nitrogens with zero attached hydrogens (tertiary/aromatic N) is 3. The molecule has 5 rings (SSSR count). The Kier molecular flexibility index (Phi) is 7.65. The van der Waals surface area contributed by atoms with Gasteiger partial charge in [-0.3, -0.25) is 9.69 Å². The molecular weight excluding hydrogens is 590 g/mol. The number of nitrogens with one attached hydrogen (secondary N) is 1. The number of aryl methyl sites for hydroxylation is 1. The highest BCUT2D eigenvalue weighted by Crippen LogP contribution is 2.43. The summed E-state index contributed by atoms with van der Waals surface area (Å²) in [6, 6.07) is 3.54. The lowest BCUT2D eigenvalue weighted by Gasteiger charge is -2.44. The first kappa shape index (κ1) is 25.6. The Labute approximate surface area is 228 Å². The molecule has 3 amide bonds. The van der Waals surface area contributed by atoms with Crippen LogP contribution in [0.5, 0.6) is 5.75 Å². The number of rotatable bonds is 3. The van der Waals surface area contributed by atoms with E-state index >= 15 is 0 Å². The number of carbonyl (C=O) groups is 2. The Hall–Kier alpha value is -2.04. The minimum Gasteiger partial charge on any atom is -0.508 e. The number of piperazine rings is 1. The van der Waals surface area contributed by atoms with E-state index in [9.17, 15) is 14.7 Å². The highest BCUT2D eigenvalue weighted by atomic mass is 79.9. The van der Waals surface area contributed by atoms with E-state index < -0.39 is 0 Å². The van der Waals surface area contributed by atoms with Crippen LogP contribution in [0.15, 0.2) is 38.9 Å². The van der Waals surface area contributed by atoms with Gasteiger partial charge in [-0.25, -0.2) is 4.79 Å². The standard InChI is InChI=1S/C26H33Br2N5O3/c27-19-12-18-2-1-17-13-20(34)14-21(28)23(17)25(24(18)30-15-19)32-9-7-31(8-10-32)22(35)11-16-3-5-33(6-4-16)26(29)36/h12-16,24-25,30,34H,1-11H2,(H2,29,36). The number of dihydropyridines is 1. The van der Waals surface area contributed by atoms with Crippen LogP contribution in [0.25, 0.3) is 0 Å². The van der Waals surface area contributed by atoms with E-state index in [0.29, 0.717) is 38.5 Å². The van der Waals surface area contributed by atoms with Gasteiger partial charge in [0.25, 0.3) is 0 Å². The molecule has 0 aromatic heterocycles. The van der Waals surface area contributed by atoms with Crippen LogP contribution < -0.4 is 11.1 Å². The largest absolute Gasteiger partial charge is 0.508 e. The maximum atomic E-state index is 13.1. The molecule has 10 heteroatoms. The molecule has 4 N–H and O–H groups in total. The molecule has 1 aliphatic carbocycles. The normalized spacial score (nSPS) is 25.2. The van der Waals surface area contributed by atoms with Crippen molar-refractivity contribution in [2.75, 3.05) is 39.3 Å². The summed E-state index contributed by atoms with van der Waals surface area (Å²) < 4.78 is 1.97. The van der Waals surface area contributed by atoms with Gasteiger partial charge < -0.3 is 26.0 Å². The summed E-state index contributed by atoms with van der Waals surface area (Å²) in [5, 5.41) is 13.9. The topological polar surface area (TPSA) is 102 Å². The molecule has 194 valence electrons. The van der Waals surface area contributed by atoms with Crippen molar-refractivity contribution in [1.29, 1.82) is 0 Å². The van der Waals surface area contributed by atoms with Crippen LogP contribution in [0.1, 0.15) is 42.9 Å². The van der Waals surface area contributed by atoms with Gasteiger partial charge >= 0.3 is 6.03 Å². The molecular formula is C26H33Br2N5O3. The second kappa shape index (κ2) is 10.8. The number of benzene rings is 1. The SMILES string of the molecule is NC(=O)N1CCC(CC(=O)N2CCN(C3c4c(Br)cc(O)cc4CCC4=CC(Br)=CNC43)CC2)CC1. The maximum Gasteiger partial charge on any atom is 0.314 e. The first-order chi connectivity index (χ1) is 17.3. The number of piperidine rings is 1. The predicted octanol–water partition coefficient (Wildman–Crippen LogP) is 3.60. The van der Waals surface area contributed by atoms with Crippen molar-refractivity contribution in [3.8, 4) is 5.75 Å². The van der Waals surface area contributed by atoms with E-state index in [0.717, 1.165) is 47.7 Å². The van der Waals surface area contributed by atoms with Gasteiger partial charge in [-0.05, 0) is 82.4 Å². The number of likely N-dealkylation sites (tertiary alicyclic amines) is 1. The quantitative estimate of drug-likeness (QED) is 0.478. The number of primary amides is 1. The summed E-state index contributed by atoms with van der Waals surface area (Å²) in [4.78, 5) is 30.6. The Morgan fingerprint density at radius 1 is 1.03 bits per heavy atom. The van der Waals surface area contributed by atoms with E-state index in [2.05, 4.69) is 48.2 Å². The molecule has 1 aromatic rings. The summed E-state index contributed by atoms with van der Waals surface area (Å²) in [6.45, 7) is 4.26. The maximum absolute atomic E-state index is 13.1. The lowest BCUT2D eigenvalue weighted by Crippen LogP contribution is -2.54. The van der Waals surface area contributed by atoms with Gasteiger partial charge in [-0.15, -0.1) is 0 Å². The Morgan fingerprint density at radius 2 is 1.75 bits per heavy atom. The highest BCUT2D eigenvalue weighted by molar-refractivity contribution is 9.12. The van der Waals surface area contributed by atoms with Crippen molar-refractivity contribution in [1.82, 2.24) is 20.0 Å². The van der Waals surface area contributed by atoms with Crippen molar-refractivity contribution in [3.05, 3.63) is 50.1 Å². The van der Waals surface area contributed by atoms with Crippen molar-refractivity contribution in [2.45, 2.75) is 44.2 Å². The first-order valence-electron chi connectivity index (χ1n) is 12.7. The average molecular weight is 623 g/mol. The van der Waals surface area contributed by atoms with Crippen molar-refractivity contribution < 1.29 is 14.7 Å². The van der Waals surface area contributed by atoms with Gasteiger partial charge in [0, 0.05) is 60.8 Å². The van der Waals surface area contributed by atoms with Crippen LogP contribution in [0.3, 0.4) is 0 Å². The third-order valence-corrected chi connectivity index (χ3v) is 9.18. The van der Waals surface area contributed by atoms with Gasteiger partial charge in [0.15, 0.2) is 0 Å². The van der Waals surface area contributed by atoms with Gasteiger partial charge in [-0.1, -0.05) is 15.9 Å². The summed E-state index contributed by atoms with van der Waals surface area (Å²) in [6.07, 6.45) is 8.24. The first-order valence-corrected chi connectivity index (χ1v) is 14.3. The predicted molar refractivity (Wildman–Crippen MR) is 146 cm³/mol. The zero-order chi connectivity index (χ0) is 25.4. The minimum atomic E-state index is -0.369. The number of urea groups is 1. The minimum absolute atomic E-state index is 0.0935. The fourth-order valence-corrected chi connectivity index (χ4v) is 7.28. The number of carbonyl (C=O) groups excluding carboxylic acids is 2. The number of amides is 3. The molecule has 4 aliphatic rings. The van der Waals surface area contributed by atoms with Crippen LogP contribution in [0.4, 0.5) is 4.79 Å². The van der Waals surface area contributed by atoms with Crippen molar-refractivity contribution in [3.63, 3.8) is 0 Å². The molecule has 0 bridgehead atoms. The molecule has 3 heterocycles. The molecule has 0 saturated carbocycles. The Bertz CT molecular complexity index is 1090. The third-order valence-electron chi connectivity index (χ3n) is 8.07. The Morgan fingerprint density at radius 3 is 2.44 bits per heavy atom. The van der Waals surface area contributed by atoms with E-state index in [-0.39, 0.29) is 29.8 Å². The molecule has 1 aromatic carbocycles. The molecule has 2 unspecified atom stereocenters. The molecule has 36 heavy (non-hydrogen) atoms. The third kappa shape index (κ3) is 5.31. The molecule has 0 spiro atoms. The summed E-state index contributed by atoms with van der Waals surface area (Å²) in [5.74, 6) is 0.804. The zero-order valence-corrected chi connectivity index (χ0v) is 23.4. The second-order valence-corrected chi connectivity index (χ2v) is 12.0. The summed E-state index contributed by atoms with van der Waals surface area (Å²) in [5.41, 5.74) is 9.12. The average Bonchev–Trinajstić information content (AvgIpc) is 3.01. The molecule has 0 radical (unpaired) electrons. The molecule has 3 aliphatic heterocycles. The lowest BCUT2D eigenvalue weighted by molar-refractivity contribution is -0.134. The van der Waals surface area contributed by atoms with Crippen LogP contribution in [-0.4, -0.2) is 77.1 Å². The number of nitrogens with two attached hydrogens (primary N) is 1. The van der Waals surface area contributed by atoms with Gasteiger partial charge in [0.1, 0.15) is 5.75 Å². The number of fused-ring (bicyclic) bond motifs is 2. The van der Waals surface area contributed by atoms with Crippen LogP contribution in [0.2, 0.25) is 0 Å². The van der Waals surface area contributed by atoms with E-state index in [1.165, 1.54) is 16.7 Å². The number of aromatic hydroxyl groups is 1. The summed E-state index contributed by atoms with van der Waals surface area (Å²) >= 11 is 7.37. The smallest absolute Gasteiger partial charge is 0.314 e. The molecule has 2 atom stereocenters. The number of phenolic OH excluding ortho intramolecular Hbond substituents is 1. The highest BCUT2D eigenvalue weighted by Gasteiger charge is 2.39. The van der Waals surface area contributed by atoms with Gasteiger partial charge in [0.2, 0.25) is 5.91 Å². The zero-order valence-electron chi connectivity index (χ0n) is 20.3. The van der Waals surface area contributed by atoms with Crippen molar-refractivity contribution in [2.24, 2.45) is 11.7 Å². The van der Waals surface area contributed by atoms with Crippen molar-refractivity contribution >= 4 is 43.8 Å². The molecule has 2 saturated heterocycles. The second-order valence-electron chi connectivity index (χ2n) is 10.2. The molecule has 2 fully saturated rings. The number of allylic oxidation sites excluding steroid dienone is 2. The molecule has 8 nitrogen and oxygen atoms in total. The lowest BCUT2D eigenvalue weighted by atomic mass is 9.90. The monoisotopic (exact) mass is 621 g/mol. The number of hydrogen-bond donors (Lipinski definition) is 3. The fraction of sp³-hybridized carbons (Fsp3) is 0.538. The number of phenols is 1. The fourth-order valence-electron chi connectivity index (χ4n) is 6.13. The van der Waals surface area contributed by atoms with Crippen LogP contribution in [-0.2, 0) is 11.2 Å². The summed E-state index contributed by atoms with van der Waals surface area (Å²) in [7, 11) is 0. The van der Waals surface area contributed by atoms with E-state index in [1.807, 2.05) is 17.2 Å².